The molecule has 1 aromatic rings. The van der Waals surface area contributed by atoms with E-state index in [1.165, 1.54) is 0 Å². The van der Waals surface area contributed by atoms with Crippen LogP contribution in [0.3, 0.4) is 0 Å². The van der Waals surface area contributed by atoms with Gasteiger partial charge in [-0.3, -0.25) is 0 Å². The first-order chi connectivity index (χ1) is 8.63. The Labute approximate surface area is 107 Å². The van der Waals surface area contributed by atoms with Gasteiger partial charge in [-0.15, -0.1) is 0 Å². The van der Waals surface area contributed by atoms with E-state index >= 15 is 0 Å². The number of ether oxygens (including phenoxy) is 1. The fourth-order valence-corrected chi connectivity index (χ4v) is 2.10. The maximum Gasteiger partial charge on any atom is 0.319 e. The van der Waals surface area contributed by atoms with Crippen LogP contribution in [0.5, 0.6) is 0 Å². The molecule has 0 bridgehead atoms. The van der Waals surface area contributed by atoms with E-state index in [0.29, 0.717) is 18.0 Å². The summed E-state index contributed by atoms with van der Waals surface area (Å²) in [7, 11) is 0. The number of nitrogens with two attached hydrogens (primary N) is 1. The molecule has 1 fully saturated rings. The van der Waals surface area contributed by atoms with Gasteiger partial charge in [0.25, 0.3) is 0 Å². The summed E-state index contributed by atoms with van der Waals surface area (Å²) in [5.74, 6) is 0. The first-order valence-corrected chi connectivity index (χ1v) is 6.18. The lowest BCUT2D eigenvalue weighted by Crippen LogP contribution is -2.43. The molecule has 18 heavy (non-hydrogen) atoms. The Bertz CT molecular complexity index is 422. The normalized spacial score (nSPS) is 23.4. The van der Waals surface area contributed by atoms with E-state index in [1.807, 2.05) is 19.1 Å². The Morgan fingerprint density at radius 1 is 1.50 bits per heavy atom. The average Bonchev–Trinajstić information content (AvgIpc) is 2.28. The summed E-state index contributed by atoms with van der Waals surface area (Å²) in [6.45, 7) is 2.72. The van der Waals surface area contributed by atoms with Crippen LogP contribution in [0.15, 0.2) is 24.3 Å². The maximum atomic E-state index is 11.8. The zero-order chi connectivity index (χ0) is 13.0. The molecule has 2 unspecified atom stereocenters. The molecule has 2 rings (SSSR count). The zero-order valence-corrected chi connectivity index (χ0v) is 10.5. The minimum Gasteiger partial charge on any atom is -0.399 e. The monoisotopic (exact) mass is 249 g/mol. The van der Waals surface area contributed by atoms with E-state index < -0.39 is 0 Å². The molecule has 0 spiro atoms. The zero-order valence-electron chi connectivity index (χ0n) is 10.5. The Morgan fingerprint density at radius 3 is 3.06 bits per heavy atom. The molecule has 2 amide bonds. The number of nitrogen functional groups attached to an aromatic ring is 1. The van der Waals surface area contributed by atoms with Crippen molar-refractivity contribution in [3.05, 3.63) is 24.3 Å². The number of rotatable bonds is 2. The summed E-state index contributed by atoms with van der Waals surface area (Å²) in [6.07, 6.45) is 1.91. The fraction of sp³-hybridized carbons (Fsp3) is 0.462. The largest absolute Gasteiger partial charge is 0.399 e. The third-order valence-corrected chi connectivity index (χ3v) is 2.96. The molecule has 1 aliphatic rings. The first kappa shape index (κ1) is 12.7. The molecule has 1 aliphatic heterocycles. The number of benzene rings is 1. The van der Waals surface area contributed by atoms with Gasteiger partial charge in [0.2, 0.25) is 0 Å². The molecule has 1 heterocycles. The molecule has 0 aromatic heterocycles. The number of anilines is 2. The lowest BCUT2D eigenvalue weighted by Gasteiger charge is -2.27. The van der Waals surface area contributed by atoms with Gasteiger partial charge in [0.05, 0.1) is 6.10 Å². The summed E-state index contributed by atoms with van der Waals surface area (Å²) in [5, 5.41) is 5.72. The highest BCUT2D eigenvalue weighted by Crippen LogP contribution is 2.14. The Balaban J connectivity index is 1.85. The van der Waals surface area contributed by atoms with Gasteiger partial charge in [0, 0.05) is 24.0 Å². The van der Waals surface area contributed by atoms with Crippen molar-refractivity contribution in [2.75, 3.05) is 17.7 Å². The van der Waals surface area contributed by atoms with E-state index in [0.717, 1.165) is 12.8 Å². The van der Waals surface area contributed by atoms with Crippen molar-refractivity contribution in [1.82, 2.24) is 5.32 Å². The van der Waals surface area contributed by atoms with Gasteiger partial charge in [-0.25, -0.2) is 4.79 Å². The van der Waals surface area contributed by atoms with Crippen LogP contribution in [-0.2, 0) is 4.74 Å². The summed E-state index contributed by atoms with van der Waals surface area (Å²) in [4.78, 5) is 11.8. The second kappa shape index (κ2) is 5.73. The van der Waals surface area contributed by atoms with E-state index in [-0.39, 0.29) is 18.2 Å². The molecule has 5 heteroatoms. The summed E-state index contributed by atoms with van der Waals surface area (Å²) in [6, 6.07) is 7.11. The van der Waals surface area contributed by atoms with E-state index in [1.54, 1.807) is 12.1 Å². The van der Waals surface area contributed by atoms with Gasteiger partial charge in [0.15, 0.2) is 0 Å². The Hall–Kier alpha value is -1.75. The van der Waals surface area contributed by atoms with Crippen LogP contribution in [-0.4, -0.2) is 24.8 Å². The third-order valence-electron chi connectivity index (χ3n) is 2.96. The van der Waals surface area contributed by atoms with Crippen molar-refractivity contribution in [3.8, 4) is 0 Å². The summed E-state index contributed by atoms with van der Waals surface area (Å²) in [5.41, 5.74) is 6.98. The number of nitrogens with one attached hydrogen (secondary N) is 2. The molecule has 4 N–H and O–H groups in total. The minimum absolute atomic E-state index is 0.176. The van der Waals surface area contributed by atoms with Gasteiger partial charge in [-0.2, -0.15) is 0 Å². The predicted molar refractivity (Wildman–Crippen MR) is 71.4 cm³/mol. The average molecular weight is 249 g/mol. The van der Waals surface area contributed by atoms with E-state index in [2.05, 4.69) is 10.6 Å². The number of hydrogen-bond acceptors (Lipinski definition) is 3. The molecular weight excluding hydrogens is 230 g/mol. The highest BCUT2D eigenvalue weighted by molar-refractivity contribution is 5.89. The molecule has 0 radical (unpaired) electrons. The standard InChI is InChI=1S/C13H19N3O2/c1-9-7-12(5-6-18-9)16-13(17)15-11-4-2-3-10(14)8-11/h2-4,8-9,12H,5-7,14H2,1H3,(H2,15,16,17). The number of urea groups is 1. The van der Waals surface area contributed by atoms with Gasteiger partial charge < -0.3 is 21.1 Å². The lowest BCUT2D eigenvalue weighted by atomic mass is 10.0. The van der Waals surface area contributed by atoms with Crippen molar-refractivity contribution in [3.63, 3.8) is 0 Å². The number of amides is 2. The minimum atomic E-state index is -0.195. The predicted octanol–water partition coefficient (Wildman–Crippen LogP) is 1.96. The first-order valence-electron chi connectivity index (χ1n) is 6.18. The van der Waals surface area contributed by atoms with E-state index in [4.69, 9.17) is 10.5 Å². The summed E-state index contributed by atoms with van der Waals surface area (Å²) >= 11 is 0. The highest BCUT2D eigenvalue weighted by atomic mass is 16.5. The van der Waals surface area contributed by atoms with E-state index in [9.17, 15) is 4.79 Å². The van der Waals surface area contributed by atoms with Crippen LogP contribution in [0.1, 0.15) is 19.8 Å². The third kappa shape index (κ3) is 3.63. The fourth-order valence-electron chi connectivity index (χ4n) is 2.10. The molecule has 1 aromatic carbocycles. The highest BCUT2D eigenvalue weighted by Gasteiger charge is 2.20. The molecule has 5 nitrogen and oxygen atoms in total. The Kier molecular flexibility index (Phi) is 4.04. The van der Waals surface area contributed by atoms with Gasteiger partial charge >= 0.3 is 6.03 Å². The molecule has 2 atom stereocenters. The van der Waals surface area contributed by atoms with Crippen LogP contribution in [0.2, 0.25) is 0 Å². The van der Waals surface area contributed by atoms with Crippen molar-refractivity contribution >= 4 is 17.4 Å². The van der Waals surface area contributed by atoms with Crippen LogP contribution in [0.4, 0.5) is 16.2 Å². The molecular formula is C13H19N3O2. The molecule has 0 saturated carbocycles. The van der Waals surface area contributed by atoms with Crippen LogP contribution in [0.25, 0.3) is 0 Å². The van der Waals surface area contributed by atoms with Crippen LogP contribution >= 0.6 is 0 Å². The smallest absolute Gasteiger partial charge is 0.319 e. The number of hydrogen-bond donors (Lipinski definition) is 3. The van der Waals surface area contributed by atoms with Gasteiger partial charge in [-0.05, 0) is 38.0 Å². The lowest BCUT2D eigenvalue weighted by molar-refractivity contribution is 0.0157. The second-order valence-electron chi connectivity index (χ2n) is 4.63. The summed E-state index contributed by atoms with van der Waals surface area (Å²) < 4.78 is 5.44. The molecule has 98 valence electrons. The SMILES string of the molecule is CC1CC(NC(=O)Nc2cccc(N)c2)CCO1. The van der Waals surface area contributed by atoms with Crippen molar-refractivity contribution in [1.29, 1.82) is 0 Å². The molecule has 0 aliphatic carbocycles. The Morgan fingerprint density at radius 2 is 2.33 bits per heavy atom. The van der Waals surface area contributed by atoms with Gasteiger partial charge in [0.1, 0.15) is 0 Å². The van der Waals surface area contributed by atoms with Crippen molar-refractivity contribution < 1.29 is 9.53 Å². The van der Waals surface area contributed by atoms with Gasteiger partial charge in [-0.1, -0.05) is 6.07 Å². The quantitative estimate of drug-likeness (QED) is 0.701. The maximum absolute atomic E-state index is 11.8. The number of carbonyl (C=O) groups excluding carboxylic acids is 1. The van der Waals surface area contributed by atoms with Crippen LogP contribution in [0, 0.1) is 0 Å². The topological polar surface area (TPSA) is 76.4 Å². The molecule has 1 saturated heterocycles. The van der Waals surface area contributed by atoms with Crippen molar-refractivity contribution in [2.24, 2.45) is 0 Å². The second-order valence-corrected chi connectivity index (χ2v) is 4.63. The van der Waals surface area contributed by atoms with Crippen molar-refractivity contribution in [2.45, 2.75) is 31.9 Å². The number of carbonyl (C=O) groups is 1. The van der Waals surface area contributed by atoms with Crippen LogP contribution < -0.4 is 16.4 Å².